The predicted octanol–water partition coefficient (Wildman–Crippen LogP) is 5.60. The summed E-state index contributed by atoms with van der Waals surface area (Å²) in [4.78, 5) is 11.5. The molecule has 1 fully saturated rings. The Bertz CT molecular complexity index is 1400. The van der Waals surface area contributed by atoms with E-state index in [4.69, 9.17) is 0 Å². The molecule has 0 saturated carbocycles. The van der Waals surface area contributed by atoms with Crippen molar-refractivity contribution < 1.29 is 8.42 Å². The van der Waals surface area contributed by atoms with E-state index in [1.165, 1.54) is 12.8 Å². The average molecular weight is 486 g/mol. The molecule has 0 spiro atoms. The molecule has 0 atom stereocenters. The van der Waals surface area contributed by atoms with Gasteiger partial charge in [-0.2, -0.15) is 0 Å². The van der Waals surface area contributed by atoms with Gasteiger partial charge >= 0.3 is 0 Å². The Kier molecular flexibility index (Phi) is 6.37. The summed E-state index contributed by atoms with van der Waals surface area (Å²) in [5.74, 6) is 2.35. The van der Waals surface area contributed by atoms with Crippen LogP contribution in [0.2, 0.25) is 0 Å². The van der Waals surface area contributed by atoms with Crippen LogP contribution in [0.4, 0.5) is 23.0 Å². The van der Waals surface area contributed by atoms with E-state index in [-0.39, 0.29) is 4.90 Å². The van der Waals surface area contributed by atoms with Gasteiger partial charge in [0.1, 0.15) is 17.5 Å². The van der Waals surface area contributed by atoms with E-state index < -0.39 is 10.0 Å². The van der Waals surface area contributed by atoms with Gasteiger partial charge in [-0.1, -0.05) is 42.5 Å². The smallest absolute Gasteiger partial charge is 0.261 e. The van der Waals surface area contributed by atoms with Crippen molar-refractivity contribution in [1.29, 1.82) is 0 Å². The van der Waals surface area contributed by atoms with Crippen LogP contribution >= 0.6 is 0 Å². The largest absolute Gasteiger partial charge is 0.356 e. The number of aryl methyl sites for hydroxylation is 1. The lowest BCUT2D eigenvalue weighted by Crippen LogP contribution is -2.19. The summed E-state index contributed by atoms with van der Waals surface area (Å²) >= 11 is 0. The predicted molar refractivity (Wildman–Crippen MR) is 141 cm³/mol. The second-order valence-corrected chi connectivity index (χ2v) is 10.2. The minimum atomic E-state index is -3.70. The molecule has 8 heteroatoms. The molecule has 0 radical (unpaired) electrons. The lowest BCUT2D eigenvalue weighted by Gasteiger charge is -2.18. The third-order valence-corrected chi connectivity index (χ3v) is 7.33. The second kappa shape index (κ2) is 9.76. The van der Waals surface area contributed by atoms with E-state index in [1.54, 1.807) is 24.3 Å². The van der Waals surface area contributed by atoms with Crippen LogP contribution in [-0.2, 0) is 10.0 Å². The van der Waals surface area contributed by atoms with Gasteiger partial charge in [0.15, 0.2) is 0 Å². The van der Waals surface area contributed by atoms with Crippen LogP contribution in [-0.4, -0.2) is 31.5 Å². The van der Waals surface area contributed by atoms with Crippen LogP contribution in [0.25, 0.3) is 11.1 Å². The normalized spacial score (nSPS) is 13.6. The van der Waals surface area contributed by atoms with Crippen LogP contribution in [0.1, 0.15) is 18.7 Å². The molecule has 1 aromatic heterocycles. The zero-order chi connectivity index (χ0) is 24.3. The van der Waals surface area contributed by atoms with Crippen molar-refractivity contribution in [3.63, 3.8) is 0 Å². The Morgan fingerprint density at radius 2 is 1.40 bits per heavy atom. The first-order valence-corrected chi connectivity index (χ1v) is 13.1. The van der Waals surface area contributed by atoms with E-state index in [0.29, 0.717) is 17.3 Å². The van der Waals surface area contributed by atoms with E-state index in [9.17, 15) is 8.42 Å². The Labute approximate surface area is 205 Å². The fourth-order valence-electron chi connectivity index (χ4n) is 4.16. The zero-order valence-corrected chi connectivity index (χ0v) is 20.3. The molecular formula is C27H27N5O2S. The maximum atomic E-state index is 12.9. The number of nitrogens with one attached hydrogen (secondary N) is 2. The first-order valence-electron chi connectivity index (χ1n) is 11.6. The van der Waals surface area contributed by atoms with Gasteiger partial charge in [-0.3, -0.25) is 4.72 Å². The lowest BCUT2D eigenvalue weighted by atomic mass is 10.1. The molecule has 0 unspecified atom stereocenters. The molecule has 0 amide bonds. The van der Waals surface area contributed by atoms with Crippen molar-refractivity contribution in [1.82, 2.24) is 9.97 Å². The second-order valence-electron chi connectivity index (χ2n) is 8.55. The maximum absolute atomic E-state index is 12.9. The summed E-state index contributed by atoms with van der Waals surface area (Å²) in [6.07, 6.45) is 2.36. The van der Waals surface area contributed by atoms with Gasteiger partial charge in [0.05, 0.1) is 4.90 Å². The topological polar surface area (TPSA) is 87.2 Å². The molecule has 2 heterocycles. The SMILES string of the molecule is Cc1nc(Nc2ccc(NS(=O)(=O)c3ccc(-c4ccccc4)cc3)cc2)cc(N2CCCC2)n1. The van der Waals surface area contributed by atoms with E-state index >= 15 is 0 Å². The standard InChI is InChI=1S/C27H27N5O2S/c1-20-28-26(19-27(29-20)32-17-5-6-18-32)30-23-11-13-24(14-12-23)31-35(33,34)25-15-9-22(10-16-25)21-7-3-2-4-8-21/h2-4,7-16,19,31H,5-6,17-18H2,1H3,(H,28,29,30). The molecule has 2 N–H and O–H groups in total. The Balaban J connectivity index is 1.27. The number of anilines is 4. The van der Waals surface area contributed by atoms with Crippen LogP contribution in [0, 0.1) is 6.92 Å². The fraction of sp³-hybridized carbons (Fsp3) is 0.185. The van der Waals surface area contributed by atoms with Gasteiger partial charge in [0.2, 0.25) is 0 Å². The highest BCUT2D eigenvalue weighted by Gasteiger charge is 2.16. The number of aromatic nitrogens is 2. The van der Waals surface area contributed by atoms with E-state index in [1.807, 2.05) is 67.6 Å². The van der Waals surface area contributed by atoms with Gasteiger partial charge in [-0.05, 0) is 67.3 Å². The fourth-order valence-corrected chi connectivity index (χ4v) is 5.22. The van der Waals surface area contributed by atoms with Crippen LogP contribution in [0.3, 0.4) is 0 Å². The Hall–Kier alpha value is -3.91. The van der Waals surface area contributed by atoms with Gasteiger partial charge in [0.25, 0.3) is 10.0 Å². The van der Waals surface area contributed by atoms with E-state index in [0.717, 1.165) is 35.7 Å². The molecular weight excluding hydrogens is 458 g/mol. The van der Waals surface area contributed by atoms with Crippen molar-refractivity contribution in [3.8, 4) is 11.1 Å². The summed E-state index contributed by atoms with van der Waals surface area (Å²) in [6.45, 7) is 3.91. The molecule has 3 aromatic carbocycles. The monoisotopic (exact) mass is 485 g/mol. The number of sulfonamides is 1. The highest BCUT2D eigenvalue weighted by Crippen LogP contribution is 2.25. The number of hydrogen-bond donors (Lipinski definition) is 2. The summed E-state index contributed by atoms with van der Waals surface area (Å²) in [7, 11) is -3.70. The highest BCUT2D eigenvalue weighted by atomic mass is 32.2. The number of benzene rings is 3. The summed E-state index contributed by atoms with van der Waals surface area (Å²) in [5.41, 5.74) is 3.30. The molecule has 1 saturated heterocycles. The first kappa shape index (κ1) is 22.9. The molecule has 1 aliphatic rings. The van der Waals surface area contributed by atoms with Gasteiger partial charge in [0, 0.05) is 30.5 Å². The molecule has 178 valence electrons. The lowest BCUT2D eigenvalue weighted by molar-refractivity contribution is 0.601. The molecule has 35 heavy (non-hydrogen) atoms. The molecule has 5 rings (SSSR count). The van der Waals surface area contributed by atoms with Gasteiger partial charge in [-0.15, -0.1) is 0 Å². The third kappa shape index (κ3) is 5.44. The molecule has 4 aromatic rings. The number of rotatable bonds is 7. The number of nitrogens with zero attached hydrogens (tertiary/aromatic N) is 3. The summed E-state index contributed by atoms with van der Waals surface area (Å²) in [5, 5.41) is 3.30. The zero-order valence-electron chi connectivity index (χ0n) is 19.5. The summed E-state index contributed by atoms with van der Waals surface area (Å²) in [6, 6.07) is 25.8. The van der Waals surface area contributed by atoms with Crippen molar-refractivity contribution in [2.24, 2.45) is 0 Å². The Morgan fingerprint density at radius 1 is 0.771 bits per heavy atom. The van der Waals surface area contributed by atoms with Crippen molar-refractivity contribution in [2.45, 2.75) is 24.7 Å². The quantitative estimate of drug-likeness (QED) is 0.354. The van der Waals surface area contributed by atoms with Crippen molar-refractivity contribution >= 4 is 33.0 Å². The molecule has 0 aliphatic carbocycles. The molecule has 7 nitrogen and oxygen atoms in total. The van der Waals surface area contributed by atoms with Gasteiger partial charge in [-0.25, -0.2) is 18.4 Å². The average Bonchev–Trinajstić information content (AvgIpc) is 3.41. The van der Waals surface area contributed by atoms with E-state index in [2.05, 4.69) is 24.9 Å². The van der Waals surface area contributed by atoms with Crippen LogP contribution in [0.15, 0.2) is 89.8 Å². The number of hydrogen-bond acceptors (Lipinski definition) is 6. The molecule has 1 aliphatic heterocycles. The van der Waals surface area contributed by atoms with Crippen LogP contribution < -0.4 is 14.9 Å². The van der Waals surface area contributed by atoms with Crippen molar-refractivity contribution in [2.75, 3.05) is 28.0 Å². The van der Waals surface area contributed by atoms with Crippen molar-refractivity contribution in [3.05, 3.63) is 90.8 Å². The minimum Gasteiger partial charge on any atom is -0.356 e. The molecule has 0 bridgehead atoms. The van der Waals surface area contributed by atoms with Gasteiger partial charge < -0.3 is 10.2 Å². The van der Waals surface area contributed by atoms with Crippen LogP contribution in [0.5, 0.6) is 0 Å². The minimum absolute atomic E-state index is 0.213. The third-order valence-electron chi connectivity index (χ3n) is 5.94. The first-order chi connectivity index (χ1) is 17.0. The highest BCUT2D eigenvalue weighted by molar-refractivity contribution is 7.92. The Morgan fingerprint density at radius 3 is 2.09 bits per heavy atom. The summed E-state index contributed by atoms with van der Waals surface area (Å²) < 4.78 is 28.4. The maximum Gasteiger partial charge on any atom is 0.261 e.